The molecule has 1 heterocycles. The number of hydrogen-bond donors (Lipinski definition) is 2. The van der Waals surface area contributed by atoms with E-state index in [2.05, 4.69) is 10.2 Å². The summed E-state index contributed by atoms with van der Waals surface area (Å²) in [5.74, 6) is -1.78. The molecule has 19 heavy (non-hydrogen) atoms. The van der Waals surface area contributed by atoms with Crippen LogP contribution in [0.1, 0.15) is 19.3 Å². The number of nitrogens with zero attached hydrogens (tertiary/aromatic N) is 1. The van der Waals surface area contributed by atoms with Crippen molar-refractivity contribution in [2.45, 2.75) is 19.3 Å². The van der Waals surface area contributed by atoms with Crippen LogP contribution in [0.2, 0.25) is 0 Å². The normalized spacial score (nSPS) is 28.2. The third-order valence-corrected chi connectivity index (χ3v) is 4.00. The van der Waals surface area contributed by atoms with E-state index in [1.54, 1.807) is 0 Å². The van der Waals surface area contributed by atoms with E-state index < -0.39 is 11.9 Å². The first-order valence-electron chi connectivity index (χ1n) is 6.99. The minimum absolute atomic E-state index is 0.0989. The maximum absolute atomic E-state index is 12.0. The molecular formula is C13H22N2O4. The molecule has 2 unspecified atom stereocenters. The van der Waals surface area contributed by atoms with Gasteiger partial charge < -0.3 is 15.2 Å². The van der Waals surface area contributed by atoms with E-state index in [9.17, 15) is 9.59 Å². The second-order valence-electron chi connectivity index (χ2n) is 5.23. The van der Waals surface area contributed by atoms with Gasteiger partial charge in [-0.25, -0.2) is 0 Å². The van der Waals surface area contributed by atoms with Gasteiger partial charge in [-0.15, -0.1) is 0 Å². The van der Waals surface area contributed by atoms with E-state index in [4.69, 9.17) is 9.84 Å². The van der Waals surface area contributed by atoms with E-state index >= 15 is 0 Å². The predicted molar refractivity (Wildman–Crippen MR) is 68.7 cm³/mol. The maximum Gasteiger partial charge on any atom is 0.307 e. The van der Waals surface area contributed by atoms with Crippen molar-refractivity contribution in [2.75, 3.05) is 39.4 Å². The fourth-order valence-electron chi connectivity index (χ4n) is 2.86. The molecule has 1 saturated heterocycles. The van der Waals surface area contributed by atoms with Crippen LogP contribution in [0, 0.1) is 11.8 Å². The first kappa shape index (κ1) is 14.3. The first-order valence-corrected chi connectivity index (χ1v) is 6.99. The first-order chi connectivity index (χ1) is 9.18. The number of aliphatic carboxylic acids is 1. The van der Waals surface area contributed by atoms with Gasteiger partial charge in [-0.05, 0) is 12.8 Å². The minimum Gasteiger partial charge on any atom is -0.481 e. The molecule has 0 bridgehead atoms. The van der Waals surface area contributed by atoms with Crippen molar-refractivity contribution in [3.63, 3.8) is 0 Å². The quantitative estimate of drug-likeness (QED) is 0.731. The number of amides is 1. The molecule has 2 aliphatic rings. The summed E-state index contributed by atoms with van der Waals surface area (Å²) in [5, 5.41) is 11.9. The average molecular weight is 270 g/mol. The van der Waals surface area contributed by atoms with E-state index in [0.29, 0.717) is 19.4 Å². The van der Waals surface area contributed by atoms with Crippen LogP contribution in [0.3, 0.4) is 0 Å². The van der Waals surface area contributed by atoms with Crippen molar-refractivity contribution in [2.24, 2.45) is 11.8 Å². The Balaban J connectivity index is 1.70. The summed E-state index contributed by atoms with van der Waals surface area (Å²) in [5.41, 5.74) is 0. The van der Waals surface area contributed by atoms with Gasteiger partial charge in [-0.3, -0.25) is 14.5 Å². The van der Waals surface area contributed by atoms with Gasteiger partial charge in [0.15, 0.2) is 0 Å². The average Bonchev–Trinajstić information content (AvgIpc) is 2.89. The van der Waals surface area contributed by atoms with Crippen LogP contribution in [-0.2, 0) is 14.3 Å². The number of carboxylic acids is 1. The van der Waals surface area contributed by atoms with Gasteiger partial charge in [0.05, 0.1) is 25.0 Å². The summed E-state index contributed by atoms with van der Waals surface area (Å²) < 4.78 is 5.25. The zero-order valence-corrected chi connectivity index (χ0v) is 11.1. The fraction of sp³-hybridized carbons (Fsp3) is 0.846. The van der Waals surface area contributed by atoms with Crippen LogP contribution < -0.4 is 5.32 Å². The van der Waals surface area contributed by atoms with Gasteiger partial charge >= 0.3 is 5.97 Å². The van der Waals surface area contributed by atoms with Crippen LogP contribution in [0.5, 0.6) is 0 Å². The molecule has 6 heteroatoms. The Morgan fingerprint density at radius 2 is 1.89 bits per heavy atom. The molecule has 2 atom stereocenters. The molecular weight excluding hydrogens is 248 g/mol. The number of ether oxygens (including phenoxy) is 1. The number of carbonyl (C=O) groups excluding carboxylic acids is 1. The highest BCUT2D eigenvalue weighted by molar-refractivity contribution is 5.85. The lowest BCUT2D eigenvalue weighted by Crippen LogP contribution is -2.43. The highest BCUT2D eigenvalue weighted by Crippen LogP contribution is 2.31. The summed E-state index contributed by atoms with van der Waals surface area (Å²) in [6.45, 7) is 4.69. The van der Waals surface area contributed by atoms with Crippen LogP contribution in [0.15, 0.2) is 0 Å². The number of hydrogen-bond acceptors (Lipinski definition) is 4. The fourth-order valence-corrected chi connectivity index (χ4v) is 2.86. The van der Waals surface area contributed by atoms with Crippen molar-refractivity contribution in [1.29, 1.82) is 0 Å². The number of nitrogens with one attached hydrogen (secondary N) is 1. The molecule has 2 fully saturated rings. The second kappa shape index (κ2) is 6.86. The Hall–Kier alpha value is -1.14. The van der Waals surface area contributed by atoms with E-state index in [1.165, 1.54) is 0 Å². The molecule has 0 radical (unpaired) electrons. The molecule has 2 rings (SSSR count). The van der Waals surface area contributed by atoms with Gasteiger partial charge in [0.1, 0.15) is 0 Å². The topological polar surface area (TPSA) is 78.9 Å². The Kier molecular flexibility index (Phi) is 5.15. The smallest absolute Gasteiger partial charge is 0.307 e. The summed E-state index contributed by atoms with van der Waals surface area (Å²) in [4.78, 5) is 25.3. The Bertz CT molecular complexity index is 329. The summed E-state index contributed by atoms with van der Waals surface area (Å²) in [6, 6.07) is 0. The van der Waals surface area contributed by atoms with Crippen molar-refractivity contribution in [3.8, 4) is 0 Å². The van der Waals surface area contributed by atoms with Crippen LogP contribution in [0.25, 0.3) is 0 Å². The van der Waals surface area contributed by atoms with Gasteiger partial charge in [-0.1, -0.05) is 6.42 Å². The van der Waals surface area contributed by atoms with Crippen molar-refractivity contribution >= 4 is 11.9 Å². The molecule has 108 valence electrons. The maximum atomic E-state index is 12.0. The molecule has 0 aromatic rings. The van der Waals surface area contributed by atoms with Gasteiger partial charge in [0.2, 0.25) is 5.91 Å². The van der Waals surface area contributed by atoms with Crippen molar-refractivity contribution in [3.05, 3.63) is 0 Å². The molecule has 6 nitrogen and oxygen atoms in total. The van der Waals surface area contributed by atoms with Crippen LogP contribution in [0.4, 0.5) is 0 Å². The Labute approximate surface area is 113 Å². The van der Waals surface area contributed by atoms with E-state index in [1.807, 2.05) is 0 Å². The van der Waals surface area contributed by atoms with Crippen LogP contribution >= 0.6 is 0 Å². The molecule has 1 aliphatic heterocycles. The molecule has 0 aromatic carbocycles. The predicted octanol–water partition coefficient (Wildman–Crippen LogP) is -0.0643. The summed E-state index contributed by atoms with van der Waals surface area (Å²) >= 11 is 0. The Morgan fingerprint density at radius 3 is 2.58 bits per heavy atom. The molecule has 0 spiro atoms. The molecule has 2 N–H and O–H groups in total. The largest absolute Gasteiger partial charge is 0.481 e. The third kappa shape index (κ3) is 3.91. The summed E-state index contributed by atoms with van der Waals surface area (Å²) in [7, 11) is 0. The minimum atomic E-state index is -0.842. The number of morpholine rings is 1. The third-order valence-electron chi connectivity index (χ3n) is 4.00. The van der Waals surface area contributed by atoms with Crippen molar-refractivity contribution in [1.82, 2.24) is 10.2 Å². The number of carbonyl (C=O) groups is 2. The van der Waals surface area contributed by atoms with Gasteiger partial charge in [0.25, 0.3) is 0 Å². The Morgan fingerprint density at radius 1 is 1.21 bits per heavy atom. The lowest BCUT2D eigenvalue weighted by molar-refractivity contribution is -0.146. The number of carboxylic acid groups (broad SMARTS) is 1. The molecule has 1 aliphatic carbocycles. The van der Waals surface area contributed by atoms with E-state index in [0.717, 1.165) is 39.3 Å². The zero-order valence-electron chi connectivity index (χ0n) is 11.1. The van der Waals surface area contributed by atoms with E-state index in [-0.39, 0.29) is 11.8 Å². The second-order valence-corrected chi connectivity index (χ2v) is 5.23. The lowest BCUT2D eigenvalue weighted by Gasteiger charge is -2.26. The SMILES string of the molecule is O=C(O)C1CCCC1C(=O)NCCN1CCOCC1. The van der Waals surface area contributed by atoms with Crippen molar-refractivity contribution < 1.29 is 19.4 Å². The standard InChI is InChI=1S/C13H22N2O4/c16-12(10-2-1-3-11(10)13(17)18)14-4-5-15-6-8-19-9-7-15/h10-11H,1-9H2,(H,14,16)(H,17,18). The highest BCUT2D eigenvalue weighted by Gasteiger charge is 2.37. The number of rotatable bonds is 5. The van der Waals surface area contributed by atoms with Crippen LogP contribution in [-0.4, -0.2) is 61.3 Å². The monoisotopic (exact) mass is 270 g/mol. The van der Waals surface area contributed by atoms with Gasteiger partial charge in [0, 0.05) is 26.2 Å². The molecule has 0 aromatic heterocycles. The summed E-state index contributed by atoms with van der Waals surface area (Å²) in [6.07, 6.45) is 2.15. The zero-order chi connectivity index (χ0) is 13.7. The molecule has 1 amide bonds. The highest BCUT2D eigenvalue weighted by atomic mass is 16.5. The molecule has 1 saturated carbocycles. The van der Waals surface area contributed by atoms with Gasteiger partial charge in [-0.2, -0.15) is 0 Å². The lowest BCUT2D eigenvalue weighted by atomic mass is 9.95.